The van der Waals surface area contributed by atoms with Gasteiger partial charge in [0.05, 0.1) is 18.5 Å². The van der Waals surface area contributed by atoms with E-state index in [1.807, 2.05) is 18.2 Å². The molecule has 1 amide bonds. The van der Waals surface area contributed by atoms with E-state index in [4.69, 9.17) is 0 Å². The topological polar surface area (TPSA) is 78.3 Å². The number of aliphatic hydroxyl groups is 1. The van der Waals surface area contributed by atoms with Gasteiger partial charge in [0.2, 0.25) is 5.91 Å². The Morgan fingerprint density at radius 2 is 1.77 bits per heavy atom. The fourth-order valence-corrected chi connectivity index (χ4v) is 3.63. The molecule has 0 spiro atoms. The van der Waals surface area contributed by atoms with E-state index in [0.29, 0.717) is 27.8 Å². The second-order valence-electron chi connectivity index (χ2n) is 7.52. The number of likely N-dealkylation sites (tertiary alicyclic amines) is 1. The van der Waals surface area contributed by atoms with Crippen molar-refractivity contribution in [2.45, 2.75) is 18.2 Å². The van der Waals surface area contributed by atoms with E-state index in [2.05, 4.69) is 15.5 Å². The van der Waals surface area contributed by atoms with Crippen LogP contribution in [0.15, 0.2) is 48.5 Å². The number of benzene rings is 2. The minimum atomic E-state index is -4.41. The maximum atomic E-state index is 12.8. The van der Waals surface area contributed by atoms with E-state index in [9.17, 15) is 23.1 Å². The van der Waals surface area contributed by atoms with Crippen LogP contribution >= 0.6 is 0 Å². The summed E-state index contributed by atoms with van der Waals surface area (Å²) in [6.45, 7) is 0.329. The van der Waals surface area contributed by atoms with Crippen LogP contribution in [0.1, 0.15) is 12.0 Å². The summed E-state index contributed by atoms with van der Waals surface area (Å²) in [7, 11) is 1.63. The molecule has 3 aromatic rings. The summed E-state index contributed by atoms with van der Waals surface area (Å²) in [5.74, 6) is 0.296. The van der Waals surface area contributed by atoms with Crippen molar-refractivity contribution in [3.8, 4) is 11.3 Å². The number of aromatic nitrogens is 2. The standard InChI is InChI=1S/C21H19F3N4O2/c1-28-12-20(30,10-17(28)29)11-25-19-16-5-3-2-4-15(16)18(26-27-19)13-6-8-14(9-7-13)21(22,23)24/h2-9,30H,10-12H2,1H3,(H,25,27). The molecule has 2 heterocycles. The average Bonchev–Trinajstić information content (AvgIpc) is 2.97. The summed E-state index contributed by atoms with van der Waals surface area (Å²) in [6.07, 6.45) is -4.39. The number of halogens is 3. The van der Waals surface area contributed by atoms with Gasteiger partial charge < -0.3 is 15.3 Å². The SMILES string of the molecule is CN1CC(O)(CNc2nnc(-c3ccc(C(F)(F)F)cc3)c3ccccc23)CC1=O. The fraction of sp³-hybridized carbons (Fsp3) is 0.286. The van der Waals surface area contributed by atoms with Crippen molar-refractivity contribution in [2.75, 3.05) is 25.5 Å². The van der Waals surface area contributed by atoms with Gasteiger partial charge in [0.25, 0.3) is 0 Å². The van der Waals surface area contributed by atoms with Crippen LogP contribution in [-0.4, -0.2) is 51.8 Å². The molecular formula is C21H19F3N4O2. The molecule has 2 aromatic carbocycles. The lowest BCUT2D eigenvalue weighted by atomic mass is 10.0. The number of fused-ring (bicyclic) bond motifs is 1. The molecule has 1 saturated heterocycles. The molecule has 2 N–H and O–H groups in total. The molecule has 1 aliphatic rings. The molecule has 0 bridgehead atoms. The highest BCUT2D eigenvalue weighted by atomic mass is 19.4. The summed E-state index contributed by atoms with van der Waals surface area (Å²) in [5.41, 5.74) is -0.967. The number of likely N-dealkylation sites (N-methyl/N-ethyl adjacent to an activating group) is 1. The summed E-state index contributed by atoms with van der Waals surface area (Å²) < 4.78 is 38.5. The number of alkyl halides is 3. The number of hydrogen-bond acceptors (Lipinski definition) is 5. The van der Waals surface area contributed by atoms with Crippen molar-refractivity contribution >= 4 is 22.5 Å². The average molecular weight is 416 g/mol. The van der Waals surface area contributed by atoms with Crippen LogP contribution in [0, 0.1) is 0 Å². The number of carbonyl (C=O) groups excluding carboxylic acids is 1. The van der Waals surface area contributed by atoms with Gasteiger partial charge in [-0.25, -0.2) is 0 Å². The van der Waals surface area contributed by atoms with Gasteiger partial charge in [-0.3, -0.25) is 4.79 Å². The van der Waals surface area contributed by atoms with Crippen molar-refractivity contribution in [2.24, 2.45) is 0 Å². The number of anilines is 1. The van der Waals surface area contributed by atoms with Gasteiger partial charge in [0, 0.05) is 29.9 Å². The van der Waals surface area contributed by atoms with Crippen LogP contribution in [0.2, 0.25) is 0 Å². The zero-order chi connectivity index (χ0) is 21.5. The zero-order valence-electron chi connectivity index (χ0n) is 16.1. The third-order valence-electron chi connectivity index (χ3n) is 5.20. The molecule has 30 heavy (non-hydrogen) atoms. The molecule has 6 nitrogen and oxygen atoms in total. The molecule has 4 rings (SSSR count). The number of nitrogens with one attached hydrogen (secondary N) is 1. The maximum absolute atomic E-state index is 12.8. The third-order valence-corrected chi connectivity index (χ3v) is 5.20. The molecule has 1 unspecified atom stereocenters. The smallest absolute Gasteiger partial charge is 0.386 e. The Morgan fingerprint density at radius 1 is 1.10 bits per heavy atom. The van der Waals surface area contributed by atoms with E-state index < -0.39 is 17.3 Å². The van der Waals surface area contributed by atoms with Crippen LogP contribution in [0.3, 0.4) is 0 Å². The third kappa shape index (κ3) is 3.80. The van der Waals surface area contributed by atoms with Crippen molar-refractivity contribution in [3.63, 3.8) is 0 Å². The molecule has 156 valence electrons. The first kappa shape index (κ1) is 20.1. The quantitative estimate of drug-likeness (QED) is 0.682. The van der Waals surface area contributed by atoms with Crippen LogP contribution in [-0.2, 0) is 11.0 Å². The van der Waals surface area contributed by atoms with Crippen LogP contribution in [0.4, 0.5) is 19.0 Å². The Balaban J connectivity index is 1.65. The van der Waals surface area contributed by atoms with E-state index in [1.165, 1.54) is 17.0 Å². The lowest BCUT2D eigenvalue weighted by Gasteiger charge is -2.22. The van der Waals surface area contributed by atoms with Crippen molar-refractivity contribution < 1.29 is 23.1 Å². The predicted molar refractivity (Wildman–Crippen MR) is 106 cm³/mol. The van der Waals surface area contributed by atoms with E-state index in [-0.39, 0.29) is 25.4 Å². The largest absolute Gasteiger partial charge is 0.416 e. The van der Waals surface area contributed by atoms with Gasteiger partial charge in [0.15, 0.2) is 5.82 Å². The minimum Gasteiger partial charge on any atom is -0.386 e. The second kappa shape index (κ2) is 7.24. The Labute approximate surface area is 170 Å². The number of rotatable bonds is 4. The van der Waals surface area contributed by atoms with Crippen LogP contribution < -0.4 is 5.32 Å². The number of hydrogen-bond donors (Lipinski definition) is 2. The molecule has 0 radical (unpaired) electrons. The maximum Gasteiger partial charge on any atom is 0.416 e. The molecule has 9 heteroatoms. The lowest BCUT2D eigenvalue weighted by Crippen LogP contribution is -2.39. The van der Waals surface area contributed by atoms with Gasteiger partial charge in [-0.05, 0) is 12.1 Å². The van der Waals surface area contributed by atoms with Gasteiger partial charge >= 0.3 is 6.18 Å². The van der Waals surface area contributed by atoms with Crippen LogP contribution in [0.25, 0.3) is 22.0 Å². The first-order valence-electron chi connectivity index (χ1n) is 9.30. The van der Waals surface area contributed by atoms with Crippen molar-refractivity contribution in [1.82, 2.24) is 15.1 Å². The van der Waals surface area contributed by atoms with Crippen molar-refractivity contribution in [3.05, 3.63) is 54.1 Å². The molecule has 1 atom stereocenters. The molecule has 1 aliphatic heterocycles. The summed E-state index contributed by atoms with van der Waals surface area (Å²) in [5, 5.41) is 23.5. The Morgan fingerprint density at radius 3 is 2.37 bits per heavy atom. The number of β-amino-alcohol motifs (C(OH)–C–C–N with tert-alkyl or cyclic N) is 1. The summed E-state index contributed by atoms with van der Waals surface area (Å²) >= 11 is 0. The van der Waals surface area contributed by atoms with Crippen molar-refractivity contribution in [1.29, 1.82) is 0 Å². The number of amides is 1. The van der Waals surface area contributed by atoms with Gasteiger partial charge in [-0.15, -0.1) is 10.2 Å². The first-order chi connectivity index (χ1) is 14.2. The highest BCUT2D eigenvalue weighted by molar-refractivity contribution is 6.00. The normalized spacial score (nSPS) is 19.5. The zero-order valence-corrected chi connectivity index (χ0v) is 16.1. The predicted octanol–water partition coefficient (Wildman–Crippen LogP) is 3.32. The van der Waals surface area contributed by atoms with Gasteiger partial charge in [-0.2, -0.15) is 13.2 Å². The Hall–Kier alpha value is -3.20. The lowest BCUT2D eigenvalue weighted by molar-refractivity contribution is -0.137. The fourth-order valence-electron chi connectivity index (χ4n) is 3.63. The highest BCUT2D eigenvalue weighted by Gasteiger charge is 2.40. The second-order valence-corrected chi connectivity index (χ2v) is 7.52. The highest BCUT2D eigenvalue weighted by Crippen LogP contribution is 2.33. The van der Waals surface area contributed by atoms with E-state index >= 15 is 0 Å². The number of carbonyl (C=O) groups is 1. The number of nitrogens with zero attached hydrogens (tertiary/aromatic N) is 3. The first-order valence-corrected chi connectivity index (χ1v) is 9.30. The molecular weight excluding hydrogens is 397 g/mol. The summed E-state index contributed by atoms with van der Waals surface area (Å²) in [4.78, 5) is 13.2. The van der Waals surface area contributed by atoms with Gasteiger partial charge in [-0.1, -0.05) is 36.4 Å². The van der Waals surface area contributed by atoms with E-state index in [1.54, 1.807) is 13.1 Å². The minimum absolute atomic E-state index is 0.0193. The van der Waals surface area contributed by atoms with E-state index in [0.717, 1.165) is 12.1 Å². The molecule has 0 saturated carbocycles. The Kier molecular flexibility index (Phi) is 4.85. The Bertz CT molecular complexity index is 1100. The molecule has 0 aliphatic carbocycles. The summed E-state index contributed by atoms with van der Waals surface area (Å²) in [6, 6.07) is 12.0. The molecule has 1 aromatic heterocycles. The van der Waals surface area contributed by atoms with Crippen LogP contribution in [0.5, 0.6) is 0 Å². The van der Waals surface area contributed by atoms with Gasteiger partial charge in [0.1, 0.15) is 11.3 Å². The molecule has 1 fully saturated rings. The monoisotopic (exact) mass is 416 g/mol.